The molecular formula is C27H20ClN3O3. The summed E-state index contributed by atoms with van der Waals surface area (Å²) >= 11 is 6.52. The molecule has 7 heteroatoms. The first-order chi connectivity index (χ1) is 16.6. The number of nitrogens with zero attached hydrogens (tertiary/aromatic N) is 3. The van der Waals surface area contributed by atoms with E-state index >= 15 is 0 Å². The Bertz CT molecular complexity index is 1480. The summed E-state index contributed by atoms with van der Waals surface area (Å²) in [5.74, 6) is 0.943. The Balaban J connectivity index is 1.57. The van der Waals surface area contributed by atoms with E-state index in [1.165, 1.54) is 7.11 Å². The summed E-state index contributed by atoms with van der Waals surface area (Å²) in [5, 5.41) is 0.330. The molecule has 6 nitrogen and oxygen atoms in total. The van der Waals surface area contributed by atoms with E-state index in [1.807, 2.05) is 65.1 Å². The van der Waals surface area contributed by atoms with Crippen LogP contribution in [0, 0.1) is 0 Å². The van der Waals surface area contributed by atoms with Gasteiger partial charge in [0.05, 0.1) is 12.7 Å². The second-order valence-corrected chi connectivity index (χ2v) is 7.95. The predicted molar refractivity (Wildman–Crippen MR) is 131 cm³/mol. The molecule has 0 N–H and O–H groups in total. The normalized spacial score (nSPS) is 10.9. The minimum absolute atomic E-state index is 0.330. The van der Waals surface area contributed by atoms with E-state index in [0.29, 0.717) is 34.4 Å². The van der Waals surface area contributed by atoms with Gasteiger partial charge in [0.25, 0.3) is 0 Å². The fraction of sp³-hybridized carbons (Fsp3) is 0.0741. The molecule has 5 rings (SSSR count). The first-order valence-electron chi connectivity index (χ1n) is 10.6. The summed E-state index contributed by atoms with van der Waals surface area (Å²) in [4.78, 5) is 21.2. The van der Waals surface area contributed by atoms with Gasteiger partial charge in [-0.3, -0.25) is 4.40 Å². The zero-order valence-electron chi connectivity index (χ0n) is 18.3. The maximum atomic E-state index is 12.0. The zero-order chi connectivity index (χ0) is 23.5. The van der Waals surface area contributed by atoms with Crippen molar-refractivity contribution in [3.05, 3.63) is 108 Å². The maximum Gasteiger partial charge on any atom is 0.337 e. The Hall–Kier alpha value is -4.16. The molecule has 0 atom stereocenters. The van der Waals surface area contributed by atoms with Gasteiger partial charge in [-0.05, 0) is 29.8 Å². The Kier molecular flexibility index (Phi) is 5.97. The summed E-state index contributed by atoms with van der Waals surface area (Å²) in [6.07, 6.45) is 3.42. The van der Waals surface area contributed by atoms with Crippen molar-refractivity contribution in [2.75, 3.05) is 7.11 Å². The minimum Gasteiger partial charge on any atom is -0.489 e. The Morgan fingerprint density at radius 3 is 2.59 bits per heavy atom. The van der Waals surface area contributed by atoms with Gasteiger partial charge >= 0.3 is 5.97 Å². The average molecular weight is 470 g/mol. The molecule has 0 saturated carbocycles. The summed E-state index contributed by atoms with van der Waals surface area (Å²) in [6.45, 7) is 0.460. The van der Waals surface area contributed by atoms with E-state index in [-0.39, 0.29) is 0 Å². The molecule has 0 unspecified atom stereocenters. The molecule has 0 spiro atoms. The van der Waals surface area contributed by atoms with E-state index in [4.69, 9.17) is 26.1 Å². The number of rotatable bonds is 6. The molecule has 3 aromatic carbocycles. The molecule has 168 valence electrons. The second-order valence-electron chi connectivity index (χ2n) is 7.60. The predicted octanol–water partition coefficient (Wildman–Crippen LogP) is 6.08. The lowest BCUT2D eigenvalue weighted by molar-refractivity contribution is 0.0601. The zero-order valence-corrected chi connectivity index (χ0v) is 19.1. The molecule has 34 heavy (non-hydrogen) atoms. The van der Waals surface area contributed by atoms with E-state index in [9.17, 15) is 4.79 Å². The number of carbonyl (C=O) groups excluding carboxylic acids is 1. The van der Waals surface area contributed by atoms with Crippen LogP contribution in [-0.2, 0) is 11.3 Å². The molecule has 5 aromatic rings. The topological polar surface area (TPSA) is 65.7 Å². The van der Waals surface area contributed by atoms with Gasteiger partial charge in [0.15, 0.2) is 5.15 Å². The van der Waals surface area contributed by atoms with Gasteiger partial charge in [-0.2, -0.15) is 0 Å². The van der Waals surface area contributed by atoms with Crippen LogP contribution in [0.1, 0.15) is 15.9 Å². The lowest BCUT2D eigenvalue weighted by Crippen LogP contribution is -2.01. The minimum atomic E-state index is -0.411. The fourth-order valence-corrected chi connectivity index (χ4v) is 4.02. The van der Waals surface area contributed by atoms with Crippen LogP contribution >= 0.6 is 11.6 Å². The highest BCUT2D eigenvalue weighted by Crippen LogP contribution is 2.34. The van der Waals surface area contributed by atoms with Crippen LogP contribution in [0.2, 0.25) is 5.15 Å². The van der Waals surface area contributed by atoms with Gasteiger partial charge in [-0.1, -0.05) is 66.2 Å². The molecule has 0 bridgehead atoms. The number of methoxy groups -OCH3 is 1. The third-order valence-corrected chi connectivity index (χ3v) is 5.68. The van der Waals surface area contributed by atoms with E-state index in [1.54, 1.807) is 30.6 Å². The van der Waals surface area contributed by atoms with Crippen LogP contribution in [0.15, 0.2) is 91.3 Å². The summed E-state index contributed by atoms with van der Waals surface area (Å²) < 4.78 is 12.7. The largest absolute Gasteiger partial charge is 0.489 e. The third-order valence-electron chi connectivity index (χ3n) is 5.41. The number of hydrogen-bond donors (Lipinski definition) is 0. The van der Waals surface area contributed by atoms with E-state index in [2.05, 4.69) is 4.98 Å². The van der Waals surface area contributed by atoms with Crippen molar-refractivity contribution in [1.29, 1.82) is 0 Å². The van der Waals surface area contributed by atoms with E-state index < -0.39 is 5.97 Å². The summed E-state index contributed by atoms with van der Waals surface area (Å²) in [6, 6.07) is 24.8. The van der Waals surface area contributed by atoms with Gasteiger partial charge in [0.1, 0.15) is 29.4 Å². The number of fused-ring (bicyclic) bond motifs is 1. The Morgan fingerprint density at radius 2 is 1.76 bits per heavy atom. The van der Waals surface area contributed by atoms with Crippen molar-refractivity contribution < 1.29 is 14.3 Å². The number of ether oxygens (including phenoxy) is 2. The highest BCUT2D eigenvalue weighted by molar-refractivity contribution is 6.33. The van der Waals surface area contributed by atoms with Crippen LogP contribution in [-0.4, -0.2) is 27.4 Å². The Labute approximate surface area is 201 Å². The molecule has 0 aliphatic heterocycles. The van der Waals surface area contributed by atoms with Crippen molar-refractivity contribution in [3.63, 3.8) is 0 Å². The first kappa shape index (κ1) is 21.7. The smallest absolute Gasteiger partial charge is 0.337 e. The van der Waals surface area contributed by atoms with Gasteiger partial charge in [0, 0.05) is 23.5 Å². The van der Waals surface area contributed by atoms with Crippen molar-refractivity contribution in [2.45, 2.75) is 6.61 Å². The van der Waals surface area contributed by atoms with Gasteiger partial charge in [0.2, 0.25) is 0 Å². The molecule has 0 aliphatic rings. The number of aromatic nitrogens is 3. The van der Waals surface area contributed by atoms with Crippen molar-refractivity contribution in [2.24, 2.45) is 0 Å². The number of imidazole rings is 1. The monoisotopic (exact) mass is 469 g/mol. The van der Waals surface area contributed by atoms with Gasteiger partial charge in [-0.25, -0.2) is 14.8 Å². The van der Waals surface area contributed by atoms with Crippen LogP contribution < -0.4 is 4.74 Å². The van der Waals surface area contributed by atoms with Gasteiger partial charge in [-0.15, -0.1) is 0 Å². The van der Waals surface area contributed by atoms with Gasteiger partial charge < -0.3 is 9.47 Å². The van der Waals surface area contributed by atoms with Crippen LogP contribution in [0.5, 0.6) is 5.75 Å². The second kappa shape index (κ2) is 9.37. The summed E-state index contributed by atoms with van der Waals surface area (Å²) in [5.41, 5.74) is 4.45. The average Bonchev–Trinajstić information content (AvgIpc) is 3.29. The van der Waals surface area contributed by atoms with Crippen molar-refractivity contribution >= 4 is 23.1 Å². The quantitative estimate of drug-likeness (QED) is 0.282. The van der Waals surface area contributed by atoms with Crippen molar-refractivity contribution in [3.8, 4) is 28.4 Å². The highest BCUT2D eigenvalue weighted by Gasteiger charge is 2.19. The SMILES string of the molecule is COC(=O)c1cccc(-c2nc(-c3cccc(OCc4ccccc4)c3)c3c(Cl)nccn23)c1. The highest BCUT2D eigenvalue weighted by atomic mass is 35.5. The number of hydrogen-bond acceptors (Lipinski definition) is 5. The van der Waals surface area contributed by atoms with Crippen molar-refractivity contribution in [1.82, 2.24) is 14.4 Å². The lowest BCUT2D eigenvalue weighted by Gasteiger charge is -2.08. The Morgan fingerprint density at radius 1 is 0.971 bits per heavy atom. The molecule has 0 radical (unpaired) electrons. The number of esters is 1. The molecule has 0 aliphatic carbocycles. The van der Waals surface area contributed by atoms with Crippen LogP contribution in [0.4, 0.5) is 0 Å². The first-order valence-corrected chi connectivity index (χ1v) is 11.0. The third kappa shape index (κ3) is 4.23. The van der Waals surface area contributed by atoms with Crippen LogP contribution in [0.3, 0.4) is 0 Å². The maximum absolute atomic E-state index is 12.0. The lowest BCUT2D eigenvalue weighted by atomic mass is 10.1. The van der Waals surface area contributed by atoms with Crippen LogP contribution in [0.25, 0.3) is 28.2 Å². The molecular weight excluding hydrogens is 450 g/mol. The molecule has 2 heterocycles. The summed E-state index contributed by atoms with van der Waals surface area (Å²) in [7, 11) is 1.36. The van der Waals surface area contributed by atoms with E-state index in [0.717, 1.165) is 22.4 Å². The number of benzene rings is 3. The molecule has 0 saturated heterocycles. The number of carbonyl (C=O) groups is 1. The molecule has 0 amide bonds. The molecule has 0 fully saturated rings. The number of halogens is 1. The molecule has 2 aromatic heterocycles. The fourth-order valence-electron chi connectivity index (χ4n) is 3.78. The standard InChI is InChI=1S/C27H20ClN3O3/c1-33-27(32)21-11-5-10-20(15-21)26-30-23(24-25(28)29-13-14-31(24)26)19-9-6-12-22(16-19)34-17-18-7-3-2-4-8-18/h2-16H,17H2,1H3.